The van der Waals surface area contributed by atoms with Crippen LogP contribution in [0.15, 0.2) is 21.7 Å². The Morgan fingerprint density at radius 2 is 2.05 bits per heavy atom. The van der Waals surface area contributed by atoms with E-state index in [0.29, 0.717) is 39.2 Å². The number of H-pyrrole nitrogens is 1. The second-order valence-corrected chi connectivity index (χ2v) is 4.86. The number of nitrogens with one attached hydrogen (secondary N) is 1. The first-order chi connectivity index (χ1) is 9.60. The fourth-order valence-electron chi connectivity index (χ4n) is 2.34. The van der Waals surface area contributed by atoms with Crippen molar-refractivity contribution >= 4 is 5.97 Å². The van der Waals surface area contributed by atoms with Crippen LogP contribution in [0, 0.1) is 5.92 Å². The number of carbonyl (C=O) groups excluding carboxylic acids is 1. The quantitative estimate of drug-likeness (QED) is 0.771. The van der Waals surface area contributed by atoms with Gasteiger partial charge in [-0.1, -0.05) is 0 Å². The number of piperidine rings is 1. The molecule has 2 heterocycles. The third kappa shape index (κ3) is 3.57. The van der Waals surface area contributed by atoms with Gasteiger partial charge in [0.2, 0.25) is 0 Å². The highest BCUT2D eigenvalue weighted by atomic mass is 16.5. The normalized spacial score (nSPS) is 17.1. The number of carbonyl (C=O) groups is 1. The summed E-state index contributed by atoms with van der Waals surface area (Å²) in [6.07, 6.45) is 1.43. The molecule has 1 fully saturated rings. The molecule has 0 bridgehead atoms. The van der Waals surface area contributed by atoms with E-state index in [0.717, 1.165) is 0 Å². The SMILES string of the molecule is CCOC(=O)C1CCN(Cn2[nH]c(=O)ccc2=O)CC1. The van der Waals surface area contributed by atoms with Crippen molar-refractivity contribution in [3.63, 3.8) is 0 Å². The average Bonchev–Trinajstić information content (AvgIpc) is 2.44. The van der Waals surface area contributed by atoms with E-state index in [1.807, 2.05) is 4.90 Å². The highest BCUT2D eigenvalue weighted by molar-refractivity contribution is 5.72. The first-order valence-corrected chi connectivity index (χ1v) is 6.79. The lowest BCUT2D eigenvalue weighted by atomic mass is 9.97. The van der Waals surface area contributed by atoms with Gasteiger partial charge in [0.05, 0.1) is 19.2 Å². The van der Waals surface area contributed by atoms with Crippen LogP contribution in [0.2, 0.25) is 0 Å². The molecule has 1 N–H and O–H groups in total. The summed E-state index contributed by atoms with van der Waals surface area (Å²) in [6, 6.07) is 2.47. The molecule has 0 saturated carbocycles. The molecule has 1 aliphatic heterocycles. The number of hydrogen-bond acceptors (Lipinski definition) is 5. The van der Waals surface area contributed by atoms with Gasteiger partial charge in [-0.05, 0) is 19.8 Å². The van der Waals surface area contributed by atoms with Gasteiger partial charge in [0.1, 0.15) is 0 Å². The standard InChI is InChI=1S/C13H19N3O4/c1-2-20-13(19)10-5-7-15(8-6-10)9-16-12(18)4-3-11(17)14-16/h3-4,10H,2,5-9H2,1H3,(H,14,17). The van der Waals surface area contributed by atoms with Gasteiger partial charge < -0.3 is 4.74 Å². The Kier molecular flexibility index (Phi) is 4.73. The molecule has 1 aromatic heterocycles. The molecule has 0 unspecified atom stereocenters. The van der Waals surface area contributed by atoms with Gasteiger partial charge in [0, 0.05) is 25.2 Å². The van der Waals surface area contributed by atoms with Gasteiger partial charge in [-0.25, -0.2) is 4.68 Å². The lowest BCUT2D eigenvalue weighted by Gasteiger charge is -2.30. The smallest absolute Gasteiger partial charge is 0.309 e. The zero-order valence-electron chi connectivity index (χ0n) is 11.5. The second kappa shape index (κ2) is 6.51. The van der Waals surface area contributed by atoms with E-state index in [-0.39, 0.29) is 23.0 Å². The van der Waals surface area contributed by atoms with E-state index in [4.69, 9.17) is 4.74 Å². The number of hydrogen-bond donors (Lipinski definition) is 1. The lowest BCUT2D eigenvalue weighted by Crippen LogP contribution is -2.41. The molecule has 0 aromatic carbocycles. The fraction of sp³-hybridized carbons (Fsp3) is 0.615. The minimum Gasteiger partial charge on any atom is -0.466 e. The molecule has 110 valence electrons. The predicted molar refractivity (Wildman–Crippen MR) is 72.3 cm³/mol. The van der Waals surface area contributed by atoms with Crippen LogP contribution in [0.5, 0.6) is 0 Å². The predicted octanol–water partition coefficient (Wildman–Crippen LogP) is -0.231. The number of aromatic nitrogens is 2. The maximum absolute atomic E-state index is 11.6. The molecule has 20 heavy (non-hydrogen) atoms. The van der Waals surface area contributed by atoms with Gasteiger partial charge in [0.15, 0.2) is 0 Å². The molecule has 0 amide bonds. The molecular weight excluding hydrogens is 262 g/mol. The molecular formula is C13H19N3O4. The summed E-state index contributed by atoms with van der Waals surface area (Å²) in [5, 5.41) is 2.49. The summed E-state index contributed by atoms with van der Waals surface area (Å²) < 4.78 is 6.29. The van der Waals surface area contributed by atoms with Gasteiger partial charge in [-0.2, -0.15) is 0 Å². The number of nitrogens with zero attached hydrogens (tertiary/aromatic N) is 2. The molecule has 1 aliphatic rings. The molecule has 0 radical (unpaired) electrons. The van der Waals surface area contributed by atoms with Gasteiger partial charge in [-0.3, -0.25) is 24.4 Å². The van der Waals surface area contributed by atoms with E-state index in [2.05, 4.69) is 5.10 Å². The molecule has 1 saturated heterocycles. The summed E-state index contributed by atoms with van der Waals surface area (Å²) in [7, 11) is 0. The minimum atomic E-state index is -0.300. The van der Waals surface area contributed by atoms with E-state index >= 15 is 0 Å². The van der Waals surface area contributed by atoms with Crippen molar-refractivity contribution in [2.45, 2.75) is 26.4 Å². The van der Waals surface area contributed by atoms with E-state index in [9.17, 15) is 14.4 Å². The van der Waals surface area contributed by atoms with Gasteiger partial charge >= 0.3 is 5.97 Å². The number of ether oxygens (including phenoxy) is 1. The molecule has 0 atom stereocenters. The van der Waals surface area contributed by atoms with Crippen LogP contribution in [-0.4, -0.2) is 40.3 Å². The van der Waals surface area contributed by atoms with Crippen molar-refractivity contribution < 1.29 is 9.53 Å². The first kappa shape index (κ1) is 14.5. The van der Waals surface area contributed by atoms with Gasteiger partial charge in [0.25, 0.3) is 11.1 Å². The molecule has 7 nitrogen and oxygen atoms in total. The molecule has 7 heteroatoms. The van der Waals surface area contributed by atoms with E-state index in [1.54, 1.807) is 6.92 Å². The monoisotopic (exact) mass is 281 g/mol. The Morgan fingerprint density at radius 3 is 2.70 bits per heavy atom. The average molecular weight is 281 g/mol. The van der Waals surface area contributed by atoms with Crippen LogP contribution in [0.1, 0.15) is 19.8 Å². The van der Waals surface area contributed by atoms with Crippen LogP contribution in [0.4, 0.5) is 0 Å². The van der Waals surface area contributed by atoms with Crippen LogP contribution < -0.4 is 11.1 Å². The van der Waals surface area contributed by atoms with Crippen LogP contribution >= 0.6 is 0 Å². The largest absolute Gasteiger partial charge is 0.466 e. The summed E-state index contributed by atoms with van der Waals surface area (Å²) in [5.41, 5.74) is -0.539. The van der Waals surface area contributed by atoms with Crippen LogP contribution in [-0.2, 0) is 16.2 Å². The number of rotatable bonds is 4. The Hall–Kier alpha value is -1.89. The van der Waals surface area contributed by atoms with Crippen molar-refractivity contribution in [1.82, 2.24) is 14.7 Å². The Balaban J connectivity index is 1.91. The third-order valence-electron chi connectivity index (χ3n) is 3.44. The van der Waals surface area contributed by atoms with Crippen molar-refractivity contribution in [3.05, 3.63) is 32.8 Å². The lowest BCUT2D eigenvalue weighted by molar-refractivity contribution is -0.149. The maximum Gasteiger partial charge on any atom is 0.309 e. The number of likely N-dealkylation sites (tertiary alicyclic amines) is 1. The van der Waals surface area contributed by atoms with Crippen LogP contribution in [0.25, 0.3) is 0 Å². The zero-order valence-corrected chi connectivity index (χ0v) is 11.5. The highest BCUT2D eigenvalue weighted by Crippen LogP contribution is 2.18. The number of esters is 1. The van der Waals surface area contributed by atoms with Gasteiger partial charge in [-0.15, -0.1) is 0 Å². The zero-order chi connectivity index (χ0) is 14.5. The fourth-order valence-corrected chi connectivity index (χ4v) is 2.34. The second-order valence-electron chi connectivity index (χ2n) is 4.86. The Labute approximate surface area is 116 Å². The molecule has 1 aromatic rings. The summed E-state index contributed by atoms with van der Waals surface area (Å²) in [4.78, 5) is 36.5. The van der Waals surface area contributed by atoms with Crippen molar-refractivity contribution in [2.24, 2.45) is 5.92 Å². The van der Waals surface area contributed by atoms with Crippen molar-refractivity contribution in [1.29, 1.82) is 0 Å². The molecule has 2 rings (SSSR count). The topological polar surface area (TPSA) is 84.4 Å². The van der Waals surface area contributed by atoms with Crippen LogP contribution in [0.3, 0.4) is 0 Å². The summed E-state index contributed by atoms with van der Waals surface area (Å²) >= 11 is 0. The maximum atomic E-state index is 11.6. The van der Waals surface area contributed by atoms with Crippen molar-refractivity contribution in [3.8, 4) is 0 Å². The summed E-state index contributed by atoms with van der Waals surface area (Å²) in [5.74, 6) is -0.199. The first-order valence-electron chi connectivity index (χ1n) is 6.79. The Bertz CT molecular complexity index is 569. The highest BCUT2D eigenvalue weighted by Gasteiger charge is 2.26. The van der Waals surface area contributed by atoms with E-state index < -0.39 is 0 Å². The minimum absolute atomic E-state index is 0.0576. The molecule has 0 spiro atoms. The number of aromatic amines is 1. The Morgan fingerprint density at radius 1 is 1.35 bits per heavy atom. The third-order valence-corrected chi connectivity index (χ3v) is 3.44. The summed E-state index contributed by atoms with van der Waals surface area (Å²) in [6.45, 7) is 3.94. The van der Waals surface area contributed by atoms with Crippen molar-refractivity contribution in [2.75, 3.05) is 19.7 Å². The van der Waals surface area contributed by atoms with E-state index in [1.165, 1.54) is 16.8 Å². The molecule has 0 aliphatic carbocycles.